The van der Waals surface area contributed by atoms with Crippen molar-refractivity contribution in [3.63, 3.8) is 0 Å². The summed E-state index contributed by atoms with van der Waals surface area (Å²) >= 11 is 5.86. The second-order valence-corrected chi connectivity index (χ2v) is 15.9. The number of rotatable bonds is 8. The van der Waals surface area contributed by atoms with Crippen LogP contribution < -0.4 is 10.6 Å². The number of hydrogen-bond acceptors (Lipinski definition) is 10. The van der Waals surface area contributed by atoms with Crippen molar-refractivity contribution < 1.29 is 48.9 Å². The van der Waals surface area contributed by atoms with Gasteiger partial charge in [0.15, 0.2) is 11.6 Å². The number of nitro groups is 1. The van der Waals surface area contributed by atoms with E-state index < -0.39 is 10.7 Å². The summed E-state index contributed by atoms with van der Waals surface area (Å²) < 4.78 is 18.0. The summed E-state index contributed by atoms with van der Waals surface area (Å²) in [4.78, 5) is 44.7. The summed E-state index contributed by atoms with van der Waals surface area (Å²) in [5.74, 6) is -1.23. The van der Waals surface area contributed by atoms with Crippen LogP contribution in [0.1, 0.15) is 42.2 Å². The third-order valence-electron chi connectivity index (χ3n) is 10.7. The first-order valence-electron chi connectivity index (χ1n) is 21.6. The van der Waals surface area contributed by atoms with Gasteiger partial charge in [-0.05, 0) is 154 Å². The van der Waals surface area contributed by atoms with Crippen LogP contribution in [0, 0.1) is 29.8 Å². The van der Waals surface area contributed by atoms with Crippen LogP contribution in [-0.4, -0.2) is 64.3 Å². The summed E-state index contributed by atoms with van der Waals surface area (Å²) in [6.45, 7) is 3.62. The first kappa shape index (κ1) is 53.0. The molecule has 8 rings (SSSR count). The van der Waals surface area contributed by atoms with Gasteiger partial charge in [-0.15, -0.1) is 0 Å². The van der Waals surface area contributed by atoms with Gasteiger partial charge in [0.2, 0.25) is 0 Å². The highest BCUT2D eigenvalue weighted by molar-refractivity contribution is 6.32. The lowest BCUT2D eigenvalue weighted by Crippen LogP contribution is -2.17. The first-order chi connectivity index (χ1) is 33.9. The number of carbonyl (C=O) groups excluding carboxylic acids is 3. The molecule has 0 aliphatic carbocycles. The second kappa shape index (κ2) is 24.8. The van der Waals surface area contributed by atoms with Crippen LogP contribution in [0.5, 0.6) is 23.0 Å². The minimum atomic E-state index is -0.683. The molecule has 0 aliphatic rings. The van der Waals surface area contributed by atoms with Gasteiger partial charge >= 0.3 is 5.97 Å². The van der Waals surface area contributed by atoms with Gasteiger partial charge in [-0.3, -0.25) is 19.7 Å². The van der Waals surface area contributed by atoms with Gasteiger partial charge in [-0.2, -0.15) is 0 Å². The third-order valence-corrected chi connectivity index (χ3v) is 11.0. The molecular formula is C56H49ClFN3O10. The molecule has 8 aromatic rings. The number of phenols is 4. The van der Waals surface area contributed by atoms with Gasteiger partial charge in [0.25, 0.3) is 17.5 Å². The van der Waals surface area contributed by atoms with Gasteiger partial charge in [0.05, 0.1) is 22.6 Å². The first-order valence-corrected chi connectivity index (χ1v) is 22.0. The van der Waals surface area contributed by atoms with Crippen LogP contribution in [0.2, 0.25) is 5.02 Å². The van der Waals surface area contributed by atoms with Crippen molar-refractivity contribution in [1.29, 1.82) is 0 Å². The smallest absolute Gasteiger partial charge is 0.337 e. The third kappa shape index (κ3) is 14.5. The van der Waals surface area contributed by atoms with E-state index in [-0.39, 0.29) is 51.5 Å². The van der Waals surface area contributed by atoms with E-state index in [9.17, 15) is 44.2 Å². The normalized spacial score (nSPS) is 10.1. The molecule has 0 unspecified atom stereocenters. The van der Waals surface area contributed by atoms with Gasteiger partial charge in [0.1, 0.15) is 17.2 Å². The van der Waals surface area contributed by atoms with Crippen LogP contribution in [0.25, 0.3) is 44.5 Å². The maximum Gasteiger partial charge on any atom is 0.337 e. The van der Waals surface area contributed by atoms with E-state index in [1.54, 1.807) is 130 Å². The Hall–Kier alpha value is -9.01. The Morgan fingerprint density at radius 3 is 1.28 bits per heavy atom. The highest BCUT2D eigenvalue weighted by atomic mass is 35.5. The minimum Gasteiger partial charge on any atom is -0.508 e. The highest BCUT2D eigenvalue weighted by Crippen LogP contribution is 2.31. The molecule has 362 valence electrons. The molecule has 13 nitrogen and oxygen atoms in total. The quantitative estimate of drug-likeness (QED) is 0.0482. The molecule has 0 spiro atoms. The number of aromatic hydroxyl groups is 4. The number of ether oxygens (including phenoxy) is 1. The molecule has 0 atom stereocenters. The van der Waals surface area contributed by atoms with Crippen molar-refractivity contribution >= 4 is 35.1 Å². The number of hydrogen-bond donors (Lipinski definition) is 6. The highest BCUT2D eigenvalue weighted by Gasteiger charge is 2.11. The maximum absolute atomic E-state index is 13.3. The standard InChI is InChI=1S/C15H14O3.C14H12ClNO2.C14H12FNO2.C13H11NO3/c1-10-8-12(6-7-14(10)16)11-4-3-5-13(9-11)15(17)18-2;2*1-16-14(18)11-4-2-3-9(7-11)10-5-6-13(17)12(15)8-10;1-9-7-11(5-6-13(9)15)10-3-2-4-12(8-10)14(16)17/h3-9,16H,1-2H3;2*2-8,17H,1H3,(H,16,18);2-8,15H,1H3. The molecule has 6 N–H and O–H groups in total. The van der Waals surface area contributed by atoms with E-state index in [4.69, 9.17) is 21.4 Å². The van der Waals surface area contributed by atoms with Crippen molar-refractivity contribution in [2.45, 2.75) is 13.8 Å². The predicted octanol–water partition coefficient (Wildman–Crippen LogP) is 12.1. The van der Waals surface area contributed by atoms with Crippen molar-refractivity contribution in [1.82, 2.24) is 10.6 Å². The number of nitrogens with one attached hydrogen (secondary N) is 2. The predicted molar refractivity (Wildman–Crippen MR) is 273 cm³/mol. The molecule has 0 saturated carbocycles. The molecule has 0 fully saturated rings. The number of aryl methyl sites for hydroxylation is 2. The molecule has 71 heavy (non-hydrogen) atoms. The molecule has 0 heterocycles. The van der Waals surface area contributed by atoms with Crippen molar-refractivity contribution in [3.8, 4) is 67.5 Å². The molecule has 2 amide bonds. The Kier molecular flexibility index (Phi) is 18.5. The van der Waals surface area contributed by atoms with Crippen molar-refractivity contribution in [3.05, 3.63) is 219 Å². The number of phenolic OH excluding ortho intramolecular Hbond substituents is 4. The maximum atomic E-state index is 13.3. The molecule has 0 saturated heterocycles. The number of carbonyl (C=O) groups is 3. The summed E-state index contributed by atoms with van der Waals surface area (Å²) in [5.41, 5.74) is 9.75. The zero-order chi connectivity index (χ0) is 51.8. The lowest BCUT2D eigenvalue weighted by Gasteiger charge is -2.06. The lowest BCUT2D eigenvalue weighted by atomic mass is 10.0. The number of nitrogens with zero attached hydrogens (tertiary/aromatic N) is 1. The van der Waals surface area contributed by atoms with E-state index in [1.165, 1.54) is 37.4 Å². The summed E-state index contributed by atoms with van der Waals surface area (Å²) in [6.07, 6.45) is 0. The topological polar surface area (TPSA) is 209 Å². The van der Waals surface area contributed by atoms with Gasteiger partial charge in [0, 0.05) is 37.4 Å². The monoisotopic (exact) mass is 977 g/mol. The number of amides is 2. The van der Waals surface area contributed by atoms with Crippen LogP contribution in [-0.2, 0) is 4.74 Å². The summed E-state index contributed by atoms with van der Waals surface area (Å²) in [5, 5.41) is 53.5. The molecule has 0 aliphatic heterocycles. The van der Waals surface area contributed by atoms with Crippen molar-refractivity contribution in [2.24, 2.45) is 0 Å². The number of nitro benzene ring substituents is 1. The van der Waals surface area contributed by atoms with E-state index in [2.05, 4.69) is 10.6 Å². The van der Waals surface area contributed by atoms with Gasteiger partial charge in [-0.1, -0.05) is 84.4 Å². The number of methoxy groups -OCH3 is 1. The van der Waals surface area contributed by atoms with E-state index in [1.807, 2.05) is 37.3 Å². The largest absolute Gasteiger partial charge is 0.508 e. The van der Waals surface area contributed by atoms with Gasteiger partial charge < -0.3 is 35.8 Å². The molecular weight excluding hydrogens is 929 g/mol. The summed E-state index contributed by atoms with van der Waals surface area (Å²) in [6, 6.07) is 47.2. The minimum absolute atomic E-state index is 0.0443. The van der Waals surface area contributed by atoms with E-state index in [0.717, 1.165) is 50.1 Å². The fourth-order valence-corrected chi connectivity index (χ4v) is 6.93. The van der Waals surface area contributed by atoms with Crippen LogP contribution >= 0.6 is 11.6 Å². The molecule has 15 heteroatoms. The average Bonchev–Trinajstić information content (AvgIpc) is 3.39. The number of non-ortho nitro benzene ring substituents is 1. The van der Waals surface area contributed by atoms with Crippen LogP contribution in [0.15, 0.2) is 170 Å². The van der Waals surface area contributed by atoms with E-state index >= 15 is 0 Å². The zero-order valence-corrected chi connectivity index (χ0v) is 39.9. The Morgan fingerprint density at radius 2 is 0.873 bits per heavy atom. The molecule has 0 radical (unpaired) electrons. The number of benzene rings is 8. The Bertz CT molecular complexity index is 2960. The van der Waals surface area contributed by atoms with Crippen LogP contribution in [0.3, 0.4) is 0 Å². The summed E-state index contributed by atoms with van der Waals surface area (Å²) in [7, 11) is 4.50. The Morgan fingerprint density at radius 1 is 0.507 bits per heavy atom. The Balaban J connectivity index is 0.000000176. The number of halogens is 2. The van der Waals surface area contributed by atoms with Gasteiger partial charge in [-0.25, -0.2) is 9.18 Å². The number of esters is 1. The Labute approximate surface area is 414 Å². The molecule has 0 aromatic heterocycles. The van der Waals surface area contributed by atoms with Crippen molar-refractivity contribution in [2.75, 3.05) is 21.2 Å². The fraction of sp³-hybridized carbons (Fsp3) is 0.0893. The van der Waals surface area contributed by atoms with Crippen LogP contribution in [0.4, 0.5) is 10.1 Å². The SMILES string of the molecule is CNC(=O)c1cccc(-c2ccc(O)c(Cl)c2)c1.CNC(=O)c1cccc(-c2ccc(O)c(F)c2)c1.COC(=O)c1cccc(-c2ccc(O)c(C)c2)c1.Cc1cc(-c2cccc([N+](=O)[O-])c2)ccc1O. The zero-order valence-electron chi connectivity index (χ0n) is 39.1. The van der Waals surface area contributed by atoms with E-state index in [0.29, 0.717) is 22.3 Å². The molecule has 8 aromatic carbocycles. The molecule has 0 bridgehead atoms. The average molecular weight is 978 g/mol. The fourth-order valence-electron chi connectivity index (χ4n) is 6.75. The lowest BCUT2D eigenvalue weighted by molar-refractivity contribution is -0.384. The second-order valence-electron chi connectivity index (χ2n) is 15.5.